The summed E-state index contributed by atoms with van der Waals surface area (Å²) in [7, 11) is 0. The predicted molar refractivity (Wildman–Crippen MR) is 70.8 cm³/mol. The van der Waals surface area contributed by atoms with Crippen LogP contribution < -0.4 is 5.32 Å². The van der Waals surface area contributed by atoms with E-state index >= 15 is 0 Å². The highest BCUT2D eigenvalue weighted by Gasteiger charge is 1.97. The lowest BCUT2D eigenvalue weighted by Crippen LogP contribution is -1.96. The van der Waals surface area contributed by atoms with Gasteiger partial charge in [-0.3, -0.25) is 0 Å². The molecular weight excluding hydrogens is 294 g/mol. The second-order valence-electron chi connectivity index (χ2n) is 3.07. The maximum Gasteiger partial charge on any atom is 0.0702 e. The van der Waals surface area contributed by atoms with Gasteiger partial charge in [-0.2, -0.15) is 0 Å². The number of hydrogen-bond acceptors (Lipinski definition) is 2. The number of anilines is 1. The number of halogens is 2. The van der Waals surface area contributed by atoms with E-state index in [1.54, 1.807) is 11.3 Å². The summed E-state index contributed by atoms with van der Waals surface area (Å²) in [6.07, 6.45) is 0. The highest BCUT2D eigenvalue weighted by molar-refractivity contribution is 9.11. The van der Waals surface area contributed by atoms with Gasteiger partial charge in [-0.1, -0.05) is 11.6 Å². The average Bonchev–Trinajstić information content (AvgIpc) is 2.64. The van der Waals surface area contributed by atoms with E-state index in [1.165, 1.54) is 4.88 Å². The first-order valence-electron chi connectivity index (χ1n) is 4.48. The molecule has 0 aliphatic carbocycles. The zero-order valence-electron chi connectivity index (χ0n) is 7.84. The van der Waals surface area contributed by atoms with E-state index in [-0.39, 0.29) is 0 Å². The van der Waals surface area contributed by atoms with E-state index in [9.17, 15) is 0 Å². The lowest BCUT2D eigenvalue weighted by Gasteiger charge is -2.04. The molecule has 1 nitrogen and oxygen atoms in total. The molecule has 4 heteroatoms. The lowest BCUT2D eigenvalue weighted by molar-refractivity contribution is 1.19. The van der Waals surface area contributed by atoms with Crippen LogP contribution in [-0.2, 0) is 6.54 Å². The van der Waals surface area contributed by atoms with Crippen LogP contribution in [-0.4, -0.2) is 0 Å². The Bertz CT molecular complexity index is 438. The zero-order valence-corrected chi connectivity index (χ0v) is 11.0. The Morgan fingerprint density at radius 1 is 1.13 bits per heavy atom. The smallest absolute Gasteiger partial charge is 0.0702 e. The average molecular weight is 303 g/mol. The molecule has 0 spiro atoms. The molecule has 0 saturated heterocycles. The van der Waals surface area contributed by atoms with E-state index in [0.29, 0.717) is 0 Å². The molecule has 0 aliphatic heterocycles. The third-order valence-electron chi connectivity index (χ3n) is 1.94. The Morgan fingerprint density at radius 2 is 1.87 bits per heavy atom. The topological polar surface area (TPSA) is 12.0 Å². The molecule has 0 fully saturated rings. The van der Waals surface area contributed by atoms with Crippen LogP contribution in [0.25, 0.3) is 0 Å². The first-order valence-corrected chi connectivity index (χ1v) is 6.46. The summed E-state index contributed by atoms with van der Waals surface area (Å²) in [4.78, 5) is 1.30. The van der Waals surface area contributed by atoms with Crippen molar-refractivity contribution in [2.75, 3.05) is 5.32 Å². The number of hydrogen-bond donors (Lipinski definition) is 1. The predicted octanol–water partition coefficient (Wildman–Crippen LogP) is 4.78. The van der Waals surface area contributed by atoms with Crippen LogP contribution in [0, 0.1) is 0 Å². The summed E-state index contributed by atoms with van der Waals surface area (Å²) in [5.74, 6) is 0. The molecule has 78 valence electrons. The van der Waals surface area contributed by atoms with E-state index in [1.807, 2.05) is 24.3 Å². The summed E-state index contributed by atoms with van der Waals surface area (Å²) < 4.78 is 1.16. The van der Waals surface area contributed by atoms with Crippen molar-refractivity contribution in [3.8, 4) is 0 Å². The normalized spacial score (nSPS) is 10.3. The van der Waals surface area contributed by atoms with Crippen LogP contribution in [0.5, 0.6) is 0 Å². The summed E-state index contributed by atoms with van der Waals surface area (Å²) in [6.45, 7) is 0.845. The van der Waals surface area contributed by atoms with Crippen molar-refractivity contribution in [1.29, 1.82) is 0 Å². The van der Waals surface area contributed by atoms with Gasteiger partial charge in [0.1, 0.15) is 0 Å². The fourth-order valence-electron chi connectivity index (χ4n) is 1.20. The molecule has 0 aliphatic rings. The summed E-state index contributed by atoms with van der Waals surface area (Å²) in [5, 5.41) is 4.10. The van der Waals surface area contributed by atoms with Gasteiger partial charge in [-0.05, 0) is 52.3 Å². The molecule has 2 rings (SSSR count). The van der Waals surface area contributed by atoms with Crippen molar-refractivity contribution < 1.29 is 0 Å². The van der Waals surface area contributed by atoms with E-state index in [4.69, 9.17) is 11.6 Å². The Balaban J connectivity index is 1.96. The molecule has 1 aromatic heterocycles. The van der Waals surface area contributed by atoms with Crippen LogP contribution >= 0.6 is 38.9 Å². The minimum atomic E-state index is 0.763. The van der Waals surface area contributed by atoms with Crippen LogP contribution in [0.15, 0.2) is 40.2 Å². The monoisotopic (exact) mass is 301 g/mol. The zero-order chi connectivity index (χ0) is 10.7. The number of nitrogens with one attached hydrogen (secondary N) is 1. The number of thiophene rings is 1. The van der Waals surface area contributed by atoms with Gasteiger partial charge in [0, 0.05) is 22.1 Å². The van der Waals surface area contributed by atoms with Crippen molar-refractivity contribution in [1.82, 2.24) is 0 Å². The third-order valence-corrected chi connectivity index (χ3v) is 3.82. The molecular formula is C11H9BrClNS. The highest BCUT2D eigenvalue weighted by Crippen LogP contribution is 2.23. The Kier molecular flexibility index (Phi) is 3.67. The largest absolute Gasteiger partial charge is 0.380 e. The molecule has 0 saturated carbocycles. The Morgan fingerprint density at radius 3 is 2.47 bits per heavy atom. The second-order valence-corrected chi connectivity index (χ2v) is 6.05. The molecule has 2 aromatic rings. The van der Waals surface area contributed by atoms with Gasteiger partial charge in [0.15, 0.2) is 0 Å². The molecule has 0 amide bonds. The highest BCUT2D eigenvalue weighted by atomic mass is 79.9. The van der Waals surface area contributed by atoms with Gasteiger partial charge in [0.2, 0.25) is 0 Å². The van der Waals surface area contributed by atoms with Crippen LogP contribution in [0.3, 0.4) is 0 Å². The van der Waals surface area contributed by atoms with Gasteiger partial charge in [-0.15, -0.1) is 11.3 Å². The molecule has 1 heterocycles. The van der Waals surface area contributed by atoms with Crippen molar-refractivity contribution in [2.24, 2.45) is 0 Å². The molecule has 15 heavy (non-hydrogen) atoms. The summed E-state index contributed by atoms with van der Waals surface area (Å²) in [6, 6.07) is 11.9. The Labute approximate surface area is 106 Å². The van der Waals surface area contributed by atoms with Crippen molar-refractivity contribution in [3.05, 3.63) is 50.1 Å². The Hall–Kier alpha value is -0.510. The molecule has 0 atom stereocenters. The summed E-state index contributed by atoms with van der Waals surface area (Å²) >= 11 is 11.0. The fourth-order valence-corrected chi connectivity index (χ4v) is 2.75. The van der Waals surface area contributed by atoms with Gasteiger partial charge in [0.25, 0.3) is 0 Å². The van der Waals surface area contributed by atoms with Crippen molar-refractivity contribution in [2.45, 2.75) is 6.54 Å². The van der Waals surface area contributed by atoms with Crippen LogP contribution in [0.2, 0.25) is 5.02 Å². The molecule has 0 radical (unpaired) electrons. The van der Waals surface area contributed by atoms with E-state index in [0.717, 1.165) is 21.0 Å². The quantitative estimate of drug-likeness (QED) is 0.860. The van der Waals surface area contributed by atoms with Gasteiger partial charge in [-0.25, -0.2) is 0 Å². The first-order chi connectivity index (χ1) is 7.24. The maximum atomic E-state index is 5.80. The standard InChI is InChI=1S/C11H9BrClNS/c12-11-6-5-10(15-11)7-14-9-3-1-8(13)2-4-9/h1-6,14H,7H2. The number of rotatable bonds is 3. The SMILES string of the molecule is Clc1ccc(NCc2ccc(Br)s2)cc1. The lowest BCUT2D eigenvalue weighted by atomic mass is 10.3. The molecule has 0 unspecified atom stereocenters. The van der Waals surface area contributed by atoms with Crippen LogP contribution in [0.4, 0.5) is 5.69 Å². The fraction of sp³-hybridized carbons (Fsp3) is 0.0909. The molecule has 1 N–H and O–H groups in total. The molecule has 0 bridgehead atoms. The van der Waals surface area contributed by atoms with Crippen molar-refractivity contribution >= 4 is 44.6 Å². The minimum Gasteiger partial charge on any atom is -0.380 e. The minimum absolute atomic E-state index is 0.763. The van der Waals surface area contributed by atoms with Crippen molar-refractivity contribution in [3.63, 3.8) is 0 Å². The third kappa shape index (κ3) is 3.23. The van der Waals surface area contributed by atoms with Crippen LogP contribution in [0.1, 0.15) is 4.88 Å². The van der Waals surface area contributed by atoms with Gasteiger partial charge < -0.3 is 5.32 Å². The molecule has 1 aromatic carbocycles. The second kappa shape index (κ2) is 5.01. The van der Waals surface area contributed by atoms with E-state index < -0.39 is 0 Å². The van der Waals surface area contributed by atoms with E-state index in [2.05, 4.69) is 33.4 Å². The summed E-state index contributed by atoms with van der Waals surface area (Å²) in [5.41, 5.74) is 1.09. The number of benzene rings is 1. The first kappa shape index (κ1) is 11.0. The van der Waals surface area contributed by atoms with Gasteiger partial charge in [0.05, 0.1) is 3.79 Å². The van der Waals surface area contributed by atoms with Gasteiger partial charge >= 0.3 is 0 Å². The maximum absolute atomic E-state index is 5.80.